The van der Waals surface area contributed by atoms with Gasteiger partial charge in [-0.2, -0.15) is 0 Å². The van der Waals surface area contributed by atoms with Gasteiger partial charge in [0.1, 0.15) is 11.3 Å². The zero-order valence-electron chi connectivity index (χ0n) is 12.3. The second kappa shape index (κ2) is 6.04. The van der Waals surface area contributed by atoms with E-state index in [9.17, 15) is 14.4 Å². The first-order valence-electron chi connectivity index (χ1n) is 7.34. The average molecular weight is 312 g/mol. The Hall–Kier alpha value is -2.96. The van der Waals surface area contributed by atoms with Gasteiger partial charge in [0.25, 0.3) is 17.4 Å². The van der Waals surface area contributed by atoms with Crippen LogP contribution in [0.25, 0.3) is 0 Å². The van der Waals surface area contributed by atoms with Gasteiger partial charge < -0.3 is 16.0 Å². The van der Waals surface area contributed by atoms with Gasteiger partial charge in [0.15, 0.2) is 0 Å². The van der Waals surface area contributed by atoms with Crippen LogP contribution < -0.4 is 16.6 Å². The van der Waals surface area contributed by atoms with Gasteiger partial charge in [-0.25, -0.2) is 0 Å². The minimum absolute atomic E-state index is 0.0947. The molecule has 0 aromatic carbocycles. The van der Waals surface area contributed by atoms with E-state index in [1.807, 2.05) is 0 Å². The summed E-state index contributed by atoms with van der Waals surface area (Å²) in [7, 11) is 0. The lowest BCUT2D eigenvalue weighted by Gasteiger charge is -2.26. The maximum Gasteiger partial charge on any atom is 0.270 e. The smallest absolute Gasteiger partial charge is 0.270 e. The maximum atomic E-state index is 12.3. The molecule has 0 radical (unpaired) electrons. The number of nitrogens with one attached hydrogen (secondary N) is 2. The topological polar surface area (TPSA) is 118 Å². The lowest BCUT2D eigenvalue weighted by molar-refractivity contribution is 0.0927. The number of pyridine rings is 2. The molecule has 3 rings (SSSR count). The Bertz CT molecular complexity index is 814. The van der Waals surface area contributed by atoms with Crippen LogP contribution in [0.2, 0.25) is 0 Å². The van der Waals surface area contributed by atoms with Crippen molar-refractivity contribution in [2.45, 2.75) is 25.3 Å². The van der Waals surface area contributed by atoms with Crippen LogP contribution in [0, 0.1) is 0 Å². The van der Waals surface area contributed by atoms with Crippen LogP contribution in [0.4, 0.5) is 0 Å². The molecular weight excluding hydrogens is 296 g/mol. The summed E-state index contributed by atoms with van der Waals surface area (Å²) in [5.74, 6) is -1.08. The van der Waals surface area contributed by atoms with E-state index in [1.54, 1.807) is 24.4 Å². The van der Waals surface area contributed by atoms with Crippen molar-refractivity contribution in [1.82, 2.24) is 15.3 Å². The molecule has 0 saturated heterocycles. The highest BCUT2D eigenvalue weighted by Crippen LogP contribution is 2.28. The number of hydrogen-bond acceptors (Lipinski definition) is 4. The van der Waals surface area contributed by atoms with E-state index in [0.29, 0.717) is 12.1 Å². The summed E-state index contributed by atoms with van der Waals surface area (Å²) in [6.45, 7) is 0. The van der Waals surface area contributed by atoms with Crippen LogP contribution in [-0.2, 0) is 6.42 Å². The fraction of sp³-hybridized carbons (Fsp3) is 0.250. The van der Waals surface area contributed by atoms with E-state index in [-0.39, 0.29) is 17.5 Å². The van der Waals surface area contributed by atoms with Crippen molar-refractivity contribution in [2.75, 3.05) is 0 Å². The molecule has 0 saturated carbocycles. The Balaban J connectivity index is 1.92. The molecule has 1 aliphatic rings. The molecule has 1 unspecified atom stereocenters. The van der Waals surface area contributed by atoms with Crippen molar-refractivity contribution in [3.05, 3.63) is 63.3 Å². The number of rotatable bonds is 3. The number of aromatic amines is 1. The average Bonchev–Trinajstić information content (AvgIpc) is 2.55. The molecule has 0 bridgehead atoms. The molecular formula is C16H16N4O3. The third-order valence-corrected chi connectivity index (χ3v) is 3.92. The van der Waals surface area contributed by atoms with Crippen molar-refractivity contribution in [3.8, 4) is 0 Å². The summed E-state index contributed by atoms with van der Waals surface area (Å²) < 4.78 is 0. The van der Waals surface area contributed by atoms with Crippen LogP contribution >= 0.6 is 0 Å². The molecule has 2 amide bonds. The number of fused-ring (bicyclic) bond motifs is 1. The first kappa shape index (κ1) is 15.0. The number of aromatic nitrogens is 2. The van der Waals surface area contributed by atoms with Gasteiger partial charge in [-0.3, -0.25) is 19.4 Å². The van der Waals surface area contributed by atoms with Gasteiger partial charge in [0.05, 0.1) is 6.04 Å². The summed E-state index contributed by atoms with van der Waals surface area (Å²) in [6.07, 6.45) is 3.79. The van der Waals surface area contributed by atoms with Gasteiger partial charge >= 0.3 is 0 Å². The minimum atomic E-state index is -0.783. The van der Waals surface area contributed by atoms with Crippen molar-refractivity contribution < 1.29 is 9.59 Å². The zero-order chi connectivity index (χ0) is 16.4. The molecule has 0 fully saturated rings. The summed E-state index contributed by atoms with van der Waals surface area (Å²) in [6, 6.07) is 6.29. The predicted octanol–water partition coefficient (Wildman–Crippen LogP) is 0.676. The lowest BCUT2D eigenvalue weighted by Crippen LogP contribution is -2.34. The summed E-state index contributed by atoms with van der Waals surface area (Å²) in [5, 5.41) is 2.90. The first-order valence-corrected chi connectivity index (χ1v) is 7.34. The van der Waals surface area contributed by atoms with E-state index in [0.717, 1.165) is 24.1 Å². The van der Waals surface area contributed by atoms with Gasteiger partial charge in [-0.15, -0.1) is 0 Å². The second-order valence-electron chi connectivity index (χ2n) is 5.44. The summed E-state index contributed by atoms with van der Waals surface area (Å²) >= 11 is 0. The van der Waals surface area contributed by atoms with Gasteiger partial charge in [0.2, 0.25) is 0 Å². The van der Waals surface area contributed by atoms with E-state index in [4.69, 9.17) is 5.73 Å². The highest BCUT2D eigenvalue weighted by Gasteiger charge is 2.25. The number of aryl methyl sites for hydroxylation is 1. The second-order valence-corrected chi connectivity index (χ2v) is 5.44. The molecule has 0 aliphatic heterocycles. The molecule has 7 heteroatoms. The molecule has 2 heterocycles. The normalized spacial score (nSPS) is 16.4. The molecule has 2 aromatic rings. The number of H-pyrrole nitrogens is 1. The molecule has 23 heavy (non-hydrogen) atoms. The molecule has 118 valence electrons. The van der Waals surface area contributed by atoms with E-state index in [1.165, 1.54) is 6.07 Å². The van der Waals surface area contributed by atoms with Crippen LogP contribution in [0.1, 0.15) is 51.0 Å². The van der Waals surface area contributed by atoms with Crippen molar-refractivity contribution in [2.24, 2.45) is 5.73 Å². The fourth-order valence-corrected chi connectivity index (χ4v) is 2.80. The number of nitrogens with zero attached hydrogens (tertiary/aromatic N) is 1. The SMILES string of the molecule is NC(=O)c1cc2c([nH]c1=O)CCCC2NC(=O)c1ccccn1. The Morgan fingerprint density at radius 3 is 2.87 bits per heavy atom. The Kier molecular flexibility index (Phi) is 3.92. The molecule has 0 spiro atoms. The number of amides is 2. The van der Waals surface area contributed by atoms with E-state index >= 15 is 0 Å². The van der Waals surface area contributed by atoms with Gasteiger partial charge in [0, 0.05) is 11.9 Å². The van der Waals surface area contributed by atoms with Crippen molar-refractivity contribution in [3.63, 3.8) is 0 Å². The lowest BCUT2D eigenvalue weighted by atomic mass is 9.90. The number of nitrogens with two attached hydrogens (primary N) is 1. The zero-order valence-corrected chi connectivity index (χ0v) is 12.3. The van der Waals surface area contributed by atoms with E-state index in [2.05, 4.69) is 15.3 Å². The number of carbonyl (C=O) groups is 2. The first-order chi connectivity index (χ1) is 11.1. The predicted molar refractivity (Wildman–Crippen MR) is 83.0 cm³/mol. The van der Waals surface area contributed by atoms with Gasteiger partial charge in [-0.1, -0.05) is 6.07 Å². The standard InChI is InChI=1S/C16H16N4O3/c17-14(21)10-8-9-11(19-15(10)22)5-3-6-12(9)20-16(23)13-4-1-2-7-18-13/h1-2,4,7-8,12H,3,5-6H2,(H2,17,21)(H,19,22)(H,20,23). The van der Waals surface area contributed by atoms with Crippen molar-refractivity contribution in [1.29, 1.82) is 0 Å². The Morgan fingerprint density at radius 2 is 2.17 bits per heavy atom. The molecule has 1 aliphatic carbocycles. The van der Waals surface area contributed by atoms with Crippen molar-refractivity contribution >= 4 is 11.8 Å². The maximum absolute atomic E-state index is 12.3. The molecule has 2 aromatic heterocycles. The highest BCUT2D eigenvalue weighted by molar-refractivity contribution is 5.93. The molecule has 7 nitrogen and oxygen atoms in total. The van der Waals surface area contributed by atoms with E-state index < -0.39 is 11.5 Å². The Morgan fingerprint density at radius 1 is 1.35 bits per heavy atom. The summed E-state index contributed by atoms with van der Waals surface area (Å²) in [4.78, 5) is 42.2. The number of carbonyl (C=O) groups excluding carboxylic acids is 2. The Labute approximate surface area is 131 Å². The highest BCUT2D eigenvalue weighted by atomic mass is 16.2. The number of primary amides is 1. The monoisotopic (exact) mass is 312 g/mol. The molecule has 4 N–H and O–H groups in total. The van der Waals surface area contributed by atoms with Crippen LogP contribution in [0.5, 0.6) is 0 Å². The fourth-order valence-electron chi connectivity index (χ4n) is 2.80. The quantitative estimate of drug-likeness (QED) is 0.772. The van der Waals surface area contributed by atoms with Crippen LogP contribution in [-0.4, -0.2) is 21.8 Å². The van der Waals surface area contributed by atoms with Gasteiger partial charge in [-0.05, 0) is 43.0 Å². The largest absolute Gasteiger partial charge is 0.365 e. The van der Waals surface area contributed by atoms with Crippen LogP contribution in [0.3, 0.4) is 0 Å². The minimum Gasteiger partial charge on any atom is -0.365 e. The molecule has 1 atom stereocenters. The summed E-state index contributed by atoms with van der Waals surface area (Å²) in [5.41, 5.74) is 6.42. The third kappa shape index (κ3) is 2.98. The number of hydrogen-bond donors (Lipinski definition) is 3. The van der Waals surface area contributed by atoms with Crippen LogP contribution in [0.15, 0.2) is 35.3 Å². The third-order valence-electron chi connectivity index (χ3n) is 3.92.